The third-order valence-electron chi connectivity index (χ3n) is 2.25. The largest absolute Gasteiger partial charge is 0.481 e. The first-order valence-electron chi connectivity index (χ1n) is 4.61. The van der Waals surface area contributed by atoms with Crippen molar-refractivity contribution in [1.29, 1.82) is 0 Å². The Morgan fingerprint density at radius 3 is 2.40 bits per heavy atom. The van der Waals surface area contributed by atoms with Crippen LogP contribution in [0.15, 0.2) is 6.20 Å². The van der Waals surface area contributed by atoms with Crippen molar-refractivity contribution in [2.24, 2.45) is 0 Å². The molecular weight excluding hydrogens is 198 g/mol. The molecule has 0 fully saturated rings. The molecule has 0 aliphatic rings. The Labute approximate surface area is 87.0 Å². The SMILES string of the molecule is CCn1cc(C)c(C(=O)O)c1CC(=O)O. The summed E-state index contributed by atoms with van der Waals surface area (Å²) in [6.45, 7) is 4.08. The van der Waals surface area contributed by atoms with Gasteiger partial charge in [-0.3, -0.25) is 4.79 Å². The van der Waals surface area contributed by atoms with Crippen LogP contribution in [-0.2, 0) is 17.8 Å². The van der Waals surface area contributed by atoms with Gasteiger partial charge in [-0.1, -0.05) is 0 Å². The van der Waals surface area contributed by atoms with Crippen LogP contribution in [0.5, 0.6) is 0 Å². The van der Waals surface area contributed by atoms with E-state index in [1.54, 1.807) is 17.7 Å². The predicted molar refractivity (Wildman–Crippen MR) is 53.1 cm³/mol. The van der Waals surface area contributed by atoms with Crippen LogP contribution in [0.25, 0.3) is 0 Å². The van der Waals surface area contributed by atoms with Gasteiger partial charge in [0.1, 0.15) is 0 Å². The molecule has 82 valence electrons. The summed E-state index contributed by atoms with van der Waals surface area (Å²) in [5.74, 6) is -2.10. The van der Waals surface area contributed by atoms with E-state index in [0.717, 1.165) is 0 Å². The van der Waals surface area contributed by atoms with Crippen molar-refractivity contribution < 1.29 is 19.8 Å². The van der Waals surface area contributed by atoms with Crippen molar-refractivity contribution in [3.63, 3.8) is 0 Å². The first-order valence-corrected chi connectivity index (χ1v) is 4.61. The fourth-order valence-electron chi connectivity index (χ4n) is 1.65. The number of aliphatic carboxylic acids is 1. The zero-order valence-electron chi connectivity index (χ0n) is 8.65. The number of aromatic carboxylic acids is 1. The highest BCUT2D eigenvalue weighted by Crippen LogP contribution is 2.17. The summed E-state index contributed by atoms with van der Waals surface area (Å²) >= 11 is 0. The first kappa shape index (κ1) is 11.3. The lowest BCUT2D eigenvalue weighted by Gasteiger charge is -2.04. The van der Waals surface area contributed by atoms with Gasteiger partial charge in [-0.15, -0.1) is 0 Å². The Bertz CT molecular complexity index is 406. The molecule has 0 saturated carbocycles. The maximum atomic E-state index is 10.9. The van der Waals surface area contributed by atoms with Gasteiger partial charge in [0.15, 0.2) is 0 Å². The van der Waals surface area contributed by atoms with E-state index in [1.807, 2.05) is 6.92 Å². The summed E-state index contributed by atoms with van der Waals surface area (Å²) in [7, 11) is 0. The zero-order chi connectivity index (χ0) is 11.6. The molecule has 15 heavy (non-hydrogen) atoms. The molecule has 0 bridgehead atoms. The molecule has 0 aromatic carbocycles. The lowest BCUT2D eigenvalue weighted by atomic mass is 10.1. The summed E-state index contributed by atoms with van der Waals surface area (Å²) < 4.78 is 1.66. The molecule has 0 radical (unpaired) electrons. The average molecular weight is 211 g/mol. The Hall–Kier alpha value is -1.78. The number of carboxylic acids is 2. The van der Waals surface area contributed by atoms with Gasteiger partial charge in [0.05, 0.1) is 12.0 Å². The first-order chi connectivity index (χ1) is 6.97. The van der Waals surface area contributed by atoms with Crippen LogP contribution < -0.4 is 0 Å². The van der Waals surface area contributed by atoms with Crippen LogP contribution in [0.2, 0.25) is 0 Å². The van der Waals surface area contributed by atoms with Crippen molar-refractivity contribution in [1.82, 2.24) is 4.57 Å². The molecule has 1 aromatic rings. The van der Waals surface area contributed by atoms with E-state index in [-0.39, 0.29) is 12.0 Å². The van der Waals surface area contributed by atoms with E-state index < -0.39 is 11.9 Å². The summed E-state index contributed by atoms with van der Waals surface area (Å²) in [6.07, 6.45) is 1.41. The van der Waals surface area contributed by atoms with Crippen molar-refractivity contribution in [3.05, 3.63) is 23.0 Å². The second kappa shape index (κ2) is 4.16. The van der Waals surface area contributed by atoms with Gasteiger partial charge in [0.2, 0.25) is 0 Å². The van der Waals surface area contributed by atoms with Gasteiger partial charge >= 0.3 is 11.9 Å². The number of hydrogen-bond donors (Lipinski definition) is 2. The molecule has 0 unspecified atom stereocenters. The Morgan fingerprint density at radius 2 is 2.00 bits per heavy atom. The molecule has 5 heteroatoms. The minimum absolute atomic E-state index is 0.110. The lowest BCUT2D eigenvalue weighted by Crippen LogP contribution is -2.11. The van der Waals surface area contributed by atoms with Crippen molar-refractivity contribution in [2.45, 2.75) is 26.8 Å². The summed E-state index contributed by atoms with van der Waals surface area (Å²) in [4.78, 5) is 21.6. The fourth-order valence-corrected chi connectivity index (χ4v) is 1.65. The molecule has 0 aliphatic heterocycles. The van der Waals surface area contributed by atoms with E-state index in [0.29, 0.717) is 17.8 Å². The van der Waals surface area contributed by atoms with Crippen LogP contribution in [0.1, 0.15) is 28.5 Å². The predicted octanol–water partition coefficient (Wildman–Crippen LogP) is 1.14. The molecule has 0 atom stereocenters. The number of hydrogen-bond acceptors (Lipinski definition) is 2. The number of aromatic nitrogens is 1. The van der Waals surface area contributed by atoms with Crippen molar-refractivity contribution in [2.75, 3.05) is 0 Å². The van der Waals surface area contributed by atoms with E-state index in [1.165, 1.54) is 0 Å². The quantitative estimate of drug-likeness (QED) is 0.782. The number of nitrogens with zero attached hydrogens (tertiary/aromatic N) is 1. The molecule has 5 nitrogen and oxygen atoms in total. The van der Waals surface area contributed by atoms with E-state index in [4.69, 9.17) is 10.2 Å². The number of aryl methyl sites for hydroxylation is 2. The summed E-state index contributed by atoms with van der Waals surface area (Å²) in [6, 6.07) is 0. The number of carboxylic acid groups (broad SMARTS) is 2. The lowest BCUT2D eigenvalue weighted by molar-refractivity contribution is -0.136. The van der Waals surface area contributed by atoms with Gasteiger partial charge in [0, 0.05) is 18.4 Å². The molecule has 1 rings (SSSR count). The van der Waals surface area contributed by atoms with E-state index in [9.17, 15) is 9.59 Å². The Balaban J connectivity index is 3.28. The molecule has 0 aliphatic carbocycles. The van der Waals surface area contributed by atoms with E-state index in [2.05, 4.69) is 0 Å². The van der Waals surface area contributed by atoms with Gasteiger partial charge in [0.25, 0.3) is 0 Å². The van der Waals surface area contributed by atoms with Crippen molar-refractivity contribution in [3.8, 4) is 0 Å². The summed E-state index contributed by atoms with van der Waals surface area (Å²) in [5.41, 5.74) is 1.06. The smallest absolute Gasteiger partial charge is 0.337 e. The highest BCUT2D eigenvalue weighted by Gasteiger charge is 2.20. The average Bonchev–Trinajstić information content (AvgIpc) is 2.41. The minimum atomic E-state index is -1.07. The van der Waals surface area contributed by atoms with Gasteiger partial charge in [-0.05, 0) is 19.4 Å². The topological polar surface area (TPSA) is 79.5 Å². The van der Waals surface area contributed by atoms with Crippen LogP contribution in [0.4, 0.5) is 0 Å². The Kier molecular flexibility index (Phi) is 3.14. The van der Waals surface area contributed by atoms with Crippen molar-refractivity contribution >= 4 is 11.9 Å². The minimum Gasteiger partial charge on any atom is -0.481 e. The van der Waals surface area contributed by atoms with Gasteiger partial charge < -0.3 is 14.8 Å². The van der Waals surface area contributed by atoms with Crippen LogP contribution in [-0.4, -0.2) is 26.7 Å². The number of rotatable bonds is 4. The second-order valence-corrected chi connectivity index (χ2v) is 3.30. The second-order valence-electron chi connectivity index (χ2n) is 3.30. The Morgan fingerprint density at radius 1 is 1.40 bits per heavy atom. The standard InChI is InChI=1S/C10H13NO4/c1-3-11-5-6(2)9(10(14)15)7(11)4-8(12)13/h5H,3-4H2,1-2H3,(H,12,13)(H,14,15). The molecule has 0 amide bonds. The monoisotopic (exact) mass is 211 g/mol. The van der Waals surface area contributed by atoms with Gasteiger partial charge in [-0.2, -0.15) is 0 Å². The molecule has 0 spiro atoms. The zero-order valence-corrected chi connectivity index (χ0v) is 8.65. The fraction of sp³-hybridized carbons (Fsp3) is 0.400. The summed E-state index contributed by atoms with van der Waals surface area (Å²) in [5, 5.41) is 17.7. The molecule has 1 heterocycles. The molecule has 2 N–H and O–H groups in total. The number of carbonyl (C=O) groups is 2. The molecule has 0 saturated heterocycles. The highest BCUT2D eigenvalue weighted by atomic mass is 16.4. The maximum Gasteiger partial charge on any atom is 0.337 e. The molecular formula is C10H13NO4. The third kappa shape index (κ3) is 2.18. The van der Waals surface area contributed by atoms with Crippen LogP contribution in [0.3, 0.4) is 0 Å². The normalized spacial score (nSPS) is 10.3. The van der Waals surface area contributed by atoms with E-state index >= 15 is 0 Å². The van der Waals surface area contributed by atoms with Crippen LogP contribution in [0, 0.1) is 6.92 Å². The highest BCUT2D eigenvalue weighted by molar-refractivity contribution is 5.92. The third-order valence-corrected chi connectivity index (χ3v) is 2.25. The van der Waals surface area contributed by atoms with Crippen LogP contribution >= 0.6 is 0 Å². The molecule has 1 aromatic heterocycles. The maximum absolute atomic E-state index is 10.9. The van der Waals surface area contributed by atoms with Gasteiger partial charge in [-0.25, -0.2) is 4.79 Å².